The lowest BCUT2D eigenvalue weighted by Gasteiger charge is -2.19. The van der Waals surface area contributed by atoms with Gasteiger partial charge in [0.25, 0.3) is 5.92 Å². The molecule has 1 aromatic rings. The molecule has 2 saturated heterocycles. The Labute approximate surface area is 182 Å². The fourth-order valence-corrected chi connectivity index (χ4v) is 3.50. The fourth-order valence-electron chi connectivity index (χ4n) is 3.50. The topological polar surface area (TPSA) is 73.5 Å². The van der Waals surface area contributed by atoms with Gasteiger partial charge in [0.05, 0.1) is 19.1 Å². The van der Waals surface area contributed by atoms with Gasteiger partial charge in [-0.15, -0.1) is 24.8 Å². The molecule has 2 amide bonds. The molecule has 164 valence electrons. The highest BCUT2D eigenvalue weighted by Gasteiger charge is 2.42. The minimum absolute atomic E-state index is 0. The van der Waals surface area contributed by atoms with E-state index >= 15 is 0 Å². The van der Waals surface area contributed by atoms with E-state index in [0.29, 0.717) is 17.9 Å². The summed E-state index contributed by atoms with van der Waals surface area (Å²) in [6.07, 6.45) is 4.14. The Hall–Kier alpha value is -1.48. The first-order chi connectivity index (χ1) is 12.9. The SMILES string of the molecule is Cl.Cl.O=C(CN1CCCCCC1)Nc1cccc(NC(=O)C2CC(F)(F)CN2)c1. The second-order valence-corrected chi connectivity index (χ2v) is 7.30. The van der Waals surface area contributed by atoms with Gasteiger partial charge in [-0.1, -0.05) is 18.9 Å². The van der Waals surface area contributed by atoms with Gasteiger partial charge in [-0.3, -0.25) is 19.8 Å². The summed E-state index contributed by atoms with van der Waals surface area (Å²) in [6, 6.07) is 5.81. The molecule has 1 aromatic carbocycles. The number of alkyl halides is 2. The van der Waals surface area contributed by atoms with Crippen molar-refractivity contribution in [1.29, 1.82) is 0 Å². The lowest BCUT2D eigenvalue weighted by atomic mass is 10.1. The van der Waals surface area contributed by atoms with Gasteiger partial charge in [-0.2, -0.15) is 0 Å². The number of carbonyl (C=O) groups excluding carboxylic acids is 2. The van der Waals surface area contributed by atoms with Crippen LogP contribution in [0.1, 0.15) is 32.1 Å². The first kappa shape index (κ1) is 25.6. The first-order valence-corrected chi connectivity index (χ1v) is 9.46. The number of hydrogen-bond donors (Lipinski definition) is 3. The average molecular weight is 453 g/mol. The molecule has 0 saturated carbocycles. The third-order valence-corrected chi connectivity index (χ3v) is 4.91. The predicted octanol–water partition coefficient (Wildman–Crippen LogP) is 3.28. The number of nitrogens with zero attached hydrogens (tertiary/aromatic N) is 1. The van der Waals surface area contributed by atoms with E-state index < -0.39 is 30.8 Å². The summed E-state index contributed by atoms with van der Waals surface area (Å²) in [5.74, 6) is -3.46. The molecule has 29 heavy (non-hydrogen) atoms. The van der Waals surface area contributed by atoms with Crippen LogP contribution < -0.4 is 16.0 Å². The van der Waals surface area contributed by atoms with E-state index in [-0.39, 0.29) is 30.7 Å². The normalized spacial score (nSPS) is 21.2. The van der Waals surface area contributed by atoms with E-state index in [1.807, 2.05) is 0 Å². The van der Waals surface area contributed by atoms with Gasteiger partial charge in [0.2, 0.25) is 11.8 Å². The number of likely N-dealkylation sites (tertiary alicyclic amines) is 1. The van der Waals surface area contributed by atoms with Crippen molar-refractivity contribution in [1.82, 2.24) is 10.2 Å². The third kappa shape index (κ3) is 8.04. The van der Waals surface area contributed by atoms with E-state index in [0.717, 1.165) is 25.9 Å². The van der Waals surface area contributed by atoms with Gasteiger partial charge in [0.1, 0.15) is 0 Å². The van der Waals surface area contributed by atoms with Crippen molar-refractivity contribution in [2.24, 2.45) is 0 Å². The highest BCUT2D eigenvalue weighted by atomic mass is 35.5. The monoisotopic (exact) mass is 452 g/mol. The molecule has 0 aliphatic carbocycles. The van der Waals surface area contributed by atoms with E-state index in [1.165, 1.54) is 12.8 Å². The van der Waals surface area contributed by atoms with Gasteiger partial charge >= 0.3 is 0 Å². The van der Waals surface area contributed by atoms with Crippen molar-refractivity contribution < 1.29 is 18.4 Å². The zero-order valence-electron chi connectivity index (χ0n) is 16.1. The number of halogens is 4. The lowest BCUT2D eigenvalue weighted by Crippen LogP contribution is -2.35. The van der Waals surface area contributed by atoms with Gasteiger partial charge in [0, 0.05) is 17.8 Å². The van der Waals surface area contributed by atoms with Crippen molar-refractivity contribution in [3.05, 3.63) is 24.3 Å². The number of anilines is 2. The minimum Gasteiger partial charge on any atom is -0.325 e. The molecular formula is C19H28Cl2F2N4O2. The van der Waals surface area contributed by atoms with Gasteiger partial charge in [-0.05, 0) is 44.1 Å². The average Bonchev–Trinajstić information content (AvgIpc) is 2.80. The predicted molar refractivity (Wildman–Crippen MR) is 114 cm³/mol. The summed E-state index contributed by atoms with van der Waals surface area (Å²) in [5, 5.41) is 7.99. The summed E-state index contributed by atoms with van der Waals surface area (Å²) in [5.41, 5.74) is 1.03. The molecule has 6 nitrogen and oxygen atoms in total. The number of benzene rings is 1. The molecule has 1 unspecified atom stereocenters. The van der Waals surface area contributed by atoms with Crippen molar-refractivity contribution in [3.8, 4) is 0 Å². The summed E-state index contributed by atoms with van der Waals surface area (Å²) in [4.78, 5) is 26.6. The van der Waals surface area contributed by atoms with Crippen LogP contribution >= 0.6 is 24.8 Å². The van der Waals surface area contributed by atoms with Crippen molar-refractivity contribution in [2.45, 2.75) is 44.1 Å². The highest BCUT2D eigenvalue weighted by Crippen LogP contribution is 2.26. The second kappa shape index (κ2) is 11.6. The van der Waals surface area contributed by atoms with E-state index in [2.05, 4.69) is 20.9 Å². The van der Waals surface area contributed by atoms with Crippen LogP contribution in [0.3, 0.4) is 0 Å². The number of nitrogens with one attached hydrogen (secondary N) is 3. The maximum atomic E-state index is 13.2. The summed E-state index contributed by atoms with van der Waals surface area (Å²) in [7, 11) is 0. The smallest absolute Gasteiger partial charge is 0.262 e. The lowest BCUT2D eigenvalue weighted by molar-refractivity contribution is -0.118. The molecule has 0 radical (unpaired) electrons. The quantitative estimate of drug-likeness (QED) is 0.640. The molecule has 0 bridgehead atoms. The number of rotatable bonds is 5. The minimum atomic E-state index is -2.86. The molecule has 2 fully saturated rings. The Morgan fingerprint density at radius 3 is 2.28 bits per heavy atom. The van der Waals surface area contributed by atoms with Crippen LogP contribution in [0.4, 0.5) is 20.2 Å². The molecule has 0 spiro atoms. The Morgan fingerprint density at radius 2 is 1.69 bits per heavy atom. The number of amides is 2. The van der Waals surface area contributed by atoms with E-state index in [9.17, 15) is 18.4 Å². The maximum Gasteiger partial charge on any atom is 0.262 e. The Kier molecular flexibility index (Phi) is 10.3. The maximum absolute atomic E-state index is 13.2. The molecule has 2 heterocycles. The highest BCUT2D eigenvalue weighted by molar-refractivity contribution is 5.97. The molecule has 10 heteroatoms. The number of hydrogen-bond acceptors (Lipinski definition) is 4. The summed E-state index contributed by atoms with van der Waals surface area (Å²) < 4.78 is 26.5. The van der Waals surface area contributed by atoms with Crippen LogP contribution in [0.15, 0.2) is 24.3 Å². The van der Waals surface area contributed by atoms with Gasteiger partial charge in [0.15, 0.2) is 0 Å². The number of carbonyl (C=O) groups is 2. The van der Waals surface area contributed by atoms with Crippen LogP contribution in [0.2, 0.25) is 0 Å². The standard InChI is InChI=1S/C19H26F2N4O2.2ClH/c20-19(21)11-16(22-13-19)18(27)24-15-7-5-6-14(10-15)23-17(26)12-25-8-3-1-2-4-9-25;;/h5-7,10,16,22H,1-4,8-9,11-13H2,(H,23,26)(H,24,27);2*1H. The summed E-state index contributed by atoms with van der Waals surface area (Å²) >= 11 is 0. The van der Waals surface area contributed by atoms with Crippen LogP contribution in [-0.2, 0) is 9.59 Å². The van der Waals surface area contributed by atoms with Crippen LogP contribution in [0.5, 0.6) is 0 Å². The first-order valence-electron chi connectivity index (χ1n) is 9.46. The summed E-state index contributed by atoms with van der Waals surface area (Å²) in [6.45, 7) is 1.72. The Morgan fingerprint density at radius 1 is 1.07 bits per heavy atom. The van der Waals surface area contributed by atoms with Crippen LogP contribution in [0.25, 0.3) is 0 Å². The molecule has 1 atom stereocenters. The Balaban J connectivity index is 0.00000210. The molecular weight excluding hydrogens is 425 g/mol. The third-order valence-electron chi connectivity index (χ3n) is 4.91. The van der Waals surface area contributed by atoms with Crippen LogP contribution in [0, 0.1) is 0 Å². The molecule has 3 rings (SSSR count). The Bertz CT molecular complexity index is 686. The van der Waals surface area contributed by atoms with Crippen molar-refractivity contribution in [2.75, 3.05) is 36.8 Å². The zero-order chi connectivity index (χ0) is 19.3. The molecule has 2 aliphatic rings. The van der Waals surface area contributed by atoms with Crippen molar-refractivity contribution >= 4 is 48.0 Å². The molecule has 2 aliphatic heterocycles. The van der Waals surface area contributed by atoms with Gasteiger partial charge < -0.3 is 10.6 Å². The largest absolute Gasteiger partial charge is 0.325 e. The van der Waals surface area contributed by atoms with Gasteiger partial charge in [-0.25, -0.2) is 8.78 Å². The fraction of sp³-hybridized carbons (Fsp3) is 0.579. The zero-order valence-corrected chi connectivity index (χ0v) is 17.7. The van der Waals surface area contributed by atoms with Crippen LogP contribution in [-0.4, -0.2) is 54.9 Å². The van der Waals surface area contributed by atoms with Crippen molar-refractivity contribution in [3.63, 3.8) is 0 Å². The second-order valence-electron chi connectivity index (χ2n) is 7.30. The van der Waals surface area contributed by atoms with E-state index in [4.69, 9.17) is 0 Å². The molecule has 0 aromatic heterocycles. The molecule has 3 N–H and O–H groups in total. The van der Waals surface area contributed by atoms with E-state index in [1.54, 1.807) is 24.3 Å².